The molecule has 0 bridgehead atoms. The zero-order chi connectivity index (χ0) is 22.2. The van der Waals surface area contributed by atoms with Gasteiger partial charge in [-0.05, 0) is 26.3 Å². The van der Waals surface area contributed by atoms with E-state index in [1.807, 2.05) is 0 Å². The SMILES string of the molecule is C[C@@H](O)[C@H](NC(=O)[C@H](Cc1ccccc1)NC(=O)CNC(=O)C(C)(C)N)C(=O)O. The van der Waals surface area contributed by atoms with E-state index in [0.717, 1.165) is 5.56 Å². The number of amides is 3. The molecule has 3 atom stereocenters. The topological polar surface area (TPSA) is 171 Å². The summed E-state index contributed by atoms with van der Waals surface area (Å²) in [4.78, 5) is 47.8. The number of carbonyl (C=O) groups excluding carboxylic acids is 3. The maximum absolute atomic E-state index is 12.6. The van der Waals surface area contributed by atoms with E-state index in [9.17, 15) is 24.3 Å². The van der Waals surface area contributed by atoms with Gasteiger partial charge in [0.2, 0.25) is 17.7 Å². The molecule has 0 fully saturated rings. The number of carboxylic acids is 1. The maximum atomic E-state index is 12.6. The third-order valence-corrected chi connectivity index (χ3v) is 3.98. The quantitative estimate of drug-likeness (QED) is 0.274. The Balaban J connectivity index is 2.87. The second-order valence-electron chi connectivity index (χ2n) is 7.28. The zero-order valence-electron chi connectivity index (χ0n) is 16.6. The fourth-order valence-corrected chi connectivity index (χ4v) is 2.34. The van der Waals surface area contributed by atoms with Crippen LogP contribution in [0.25, 0.3) is 0 Å². The highest BCUT2D eigenvalue weighted by Crippen LogP contribution is 2.05. The van der Waals surface area contributed by atoms with Gasteiger partial charge in [-0.2, -0.15) is 0 Å². The summed E-state index contributed by atoms with van der Waals surface area (Å²) >= 11 is 0. The van der Waals surface area contributed by atoms with Crippen molar-refractivity contribution in [3.63, 3.8) is 0 Å². The van der Waals surface area contributed by atoms with Crippen molar-refractivity contribution in [3.8, 4) is 0 Å². The normalized spacial score (nSPS) is 14.2. The Morgan fingerprint density at radius 1 is 1.10 bits per heavy atom. The summed E-state index contributed by atoms with van der Waals surface area (Å²) in [5.41, 5.74) is 5.19. The third kappa shape index (κ3) is 8.28. The molecule has 0 aromatic heterocycles. The fraction of sp³-hybridized carbons (Fsp3) is 0.474. The van der Waals surface area contributed by atoms with Crippen LogP contribution in [-0.4, -0.2) is 64.2 Å². The molecular weight excluding hydrogens is 380 g/mol. The number of rotatable bonds is 10. The second-order valence-corrected chi connectivity index (χ2v) is 7.28. The average Bonchev–Trinajstić information content (AvgIpc) is 2.62. The molecule has 29 heavy (non-hydrogen) atoms. The van der Waals surface area contributed by atoms with Crippen LogP contribution in [0, 0.1) is 0 Å². The van der Waals surface area contributed by atoms with E-state index in [-0.39, 0.29) is 6.42 Å². The number of benzene rings is 1. The lowest BCUT2D eigenvalue weighted by molar-refractivity contribution is -0.145. The van der Waals surface area contributed by atoms with Crippen LogP contribution < -0.4 is 21.7 Å². The number of hydrogen-bond donors (Lipinski definition) is 6. The van der Waals surface area contributed by atoms with Crippen LogP contribution in [0.4, 0.5) is 0 Å². The van der Waals surface area contributed by atoms with Crippen molar-refractivity contribution in [2.75, 3.05) is 6.54 Å². The lowest BCUT2D eigenvalue weighted by Gasteiger charge is -2.23. The molecule has 0 heterocycles. The largest absolute Gasteiger partial charge is 0.480 e. The Hall–Kier alpha value is -2.98. The molecule has 0 saturated heterocycles. The lowest BCUT2D eigenvalue weighted by Crippen LogP contribution is -2.57. The summed E-state index contributed by atoms with van der Waals surface area (Å²) < 4.78 is 0. The monoisotopic (exact) mass is 408 g/mol. The minimum Gasteiger partial charge on any atom is -0.480 e. The Morgan fingerprint density at radius 2 is 1.69 bits per heavy atom. The Bertz CT molecular complexity index is 730. The van der Waals surface area contributed by atoms with Crippen LogP contribution in [0.5, 0.6) is 0 Å². The van der Waals surface area contributed by atoms with Gasteiger partial charge >= 0.3 is 5.97 Å². The molecule has 3 amide bonds. The third-order valence-electron chi connectivity index (χ3n) is 3.98. The van der Waals surface area contributed by atoms with E-state index in [2.05, 4.69) is 16.0 Å². The van der Waals surface area contributed by atoms with Crippen LogP contribution in [0.2, 0.25) is 0 Å². The predicted octanol–water partition coefficient (Wildman–Crippen LogP) is -1.48. The van der Waals surface area contributed by atoms with Crippen molar-refractivity contribution < 1.29 is 29.4 Å². The number of aliphatic carboxylic acids is 1. The van der Waals surface area contributed by atoms with Crippen LogP contribution >= 0.6 is 0 Å². The number of aliphatic hydroxyl groups is 1. The Labute approximate surface area is 168 Å². The molecule has 0 unspecified atom stereocenters. The first-order chi connectivity index (χ1) is 13.4. The fourth-order valence-electron chi connectivity index (χ4n) is 2.34. The number of aliphatic hydroxyl groups excluding tert-OH is 1. The molecule has 0 aliphatic carbocycles. The highest BCUT2D eigenvalue weighted by molar-refractivity contribution is 5.93. The minimum absolute atomic E-state index is 0.0842. The molecule has 10 heteroatoms. The van der Waals surface area contributed by atoms with Crippen molar-refractivity contribution in [3.05, 3.63) is 35.9 Å². The molecule has 0 saturated carbocycles. The van der Waals surface area contributed by atoms with Crippen LogP contribution in [-0.2, 0) is 25.6 Å². The Kier molecular flexibility index (Phi) is 8.74. The van der Waals surface area contributed by atoms with Gasteiger partial charge in [-0.1, -0.05) is 30.3 Å². The number of carbonyl (C=O) groups is 4. The van der Waals surface area contributed by atoms with E-state index in [4.69, 9.17) is 10.8 Å². The minimum atomic E-state index is -1.53. The molecule has 1 aromatic carbocycles. The second kappa shape index (κ2) is 10.5. The first-order valence-corrected chi connectivity index (χ1v) is 9.03. The first kappa shape index (κ1) is 24.1. The summed E-state index contributed by atoms with van der Waals surface area (Å²) in [6.45, 7) is 3.78. The lowest BCUT2D eigenvalue weighted by atomic mass is 10.0. The highest BCUT2D eigenvalue weighted by atomic mass is 16.4. The predicted molar refractivity (Wildman–Crippen MR) is 105 cm³/mol. The first-order valence-electron chi connectivity index (χ1n) is 9.03. The van der Waals surface area contributed by atoms with Crippen molar-refractivity contribution in [2.24, 2.45) is 5.73 Å². The molecule has 0 aliphatic heterocycles. The van der Waals surface area contributed by atoms with Gasteiger partial charge in [0.05, 0.1) is 18.2 Å². The highest BCUT2D eigenvalue weighted by Gasteiger charge is 2.30. The van der Waals surface area contributed by atoms with Crippen LogP contribution in [0.15, 0.2) is 30.3 Å². The standard InChI is InChI=1S/C19H28N4O6/c1-11(24)15(17(27)28)23-16(26)13(9-12-7-5-4-6-8-12)22-14(25)10-21-18(29)19(2,3)20/h4-8,11,13,15,24H,9-10,20H2,1-3H3,(H,21,29)(H,22,25)(H,23,26)(H,27,28)/t11-,13+,15+/m1/s1. The number of hydrogen-bond acceptors (Lipinski definition) is 6. The van der Waals surface area contributed by atoms with Gasteiger partial charge in [0.15, 0.2) is 6.04 Å². The molecule has 1 rings (SSSR count). The van der Waals surface area contributed by atoms with E-state index in [0.29, 0.717) is 0 Å². The molecule has 0 spiro atoms. The summed E-state index contributed by atoms with van der Waals surface area (Å²) in [6, 6.07) is 6.14. The maximum Gasteiger partial charge on any atom is 0.328 e. The molecule has 0 aliphatic rings. The van der Waals surface area contributed by atoms with E-state index in [1.165, 1.54) is 20.8 Å². The average molecular weight is 408 g/mol. The van der Waals surface area contributed by atoms with Crippen molar-refractivity contribution in [1.82, 2.24) is 16.0 Å². The van der Waals surface area contributed by atoms with Crippen LogP contribution in [0.1, 0.15) is 26.3 Å². The van der Waals surface area contributed by atoms with Crippen molar-refractivity contribution >= 4 is 23.7 Å². The summed E-state index contributed by atoms with van der Waals surface area (Å²) in [6.07, 6.45) is -1.25. The van der Waals surface area contributed by atoms with E-state index < -0.39 is 54.0 Å². The Morgan fingerprint density at radius 3 is 2.17 bits per heavy atom. The number of carboxylic acid groups (broad SMARTS) is 1. The number of nitrogens with two attached hydrogens (primary N) is 1. The molecule has 1 aromatic rings. The molecule has 0 radical (unpaired) electrons. The van der Waals surface area contributed by atoms with Gasteiger partial charge in [-0.25, -0.2) is 4.79 Å². The van der Waals surface area contributed by atoms with Gasteiger partial charge in [-0.15, -0.1) is 0 Å². The summed E-state index contributed by atoms with van der Waals surface area (Å²) in [7, 11) is 0. The summed E-state index contributed by atoms with van der Waals surface area (Å²) in [5, 5.41) is 25.8. The van der Waals surface area contributed by atoms with Gasteiger partial charge in [0.25, 0.3) is 0 Å². The van der Waals surface area contributed by atoms with Crippen molar-refractivity contribution in [2.45, 2.75) is 50.9 Å². The molecule has 160 valence electrons. The van der Waals surface area contributed by atoms with Gasteiger partial charge in [0, 0.05) is 6.42 Å². The summed E-state index contributed by atoms with van der Waals surface area (Å²) in [5.74, 6) is -3.38. The van der Waals surface area contributed by atoms with Gasteiger partial charge in [-0.3, -0.25) is 14.4 Å². The molecule has 7 N–H and O–H groups in total. The van der Waals surface area contributed by atoms with Crippen molar-refractivity contribution in [1.29, 1.82) is 0 Å². The van der Waals surface area contributed by atoms with E-state index >= 15 is 0 Å². The van der Waals surface area contributed by atoms with Gasteiger partial charge < -0.3 is 31.9 Å². The zero-order valence-corrected chi connectivity index (χ0v) is 16.6. The smallest absolute Gasteiger partial charge is 0.328 e. The molecule has 10 nitrogen and oxygen atoms in total. The van der Waals surface area contributed by atoms with Gasteiger partial charge in [0.1, 0.15) is 6.04 Å². The van der Waals surface area contributed by atoms with E-state index in [1.54, 1.807) is 30.3 Å². The van der Waals surface area contributed by atoms with Crippen LogP contribution in [0.3, 0.4) is 0 Å². The molecular formula is C19H28N4O6. The number of nitrogens with one attached hydrogen (secondary N) is 3.